The van der Waals surface area contributed by atoms with Crippen molar-refractivity contribution in [1.29, 1.82) is 0 Å². The van der Waals surface area contributed by atoms with Gasteiger partial charge >= 0.3 is 0 Å². The van der Waals surface area contributed by atoms with Gasteiger partial charge in [0.15, 0.2) is 5.96 Å². The molecule has 1 aliphatic heterocycles. The maximum absolute atomic E-state index is 12.0. The first-order valence-electron chi connectivity index (χ1n) is 9.51. The molecule has 0 saturated carbocycles. The van der Waals surface area contributed by atoms with Crippen LogP contribution in [0.3, 0.4) is 0 Å². The number of nitrogens with one attached hydrogen (secondary N) is 2. The normalized spacial score (nSPS) is 17.0. The minimum atomic E-state index is -3.09. The highest BCUT2D eigenvalue weighted by molar-refractivity contribution is 7.89. The van der Waals surface area contributed by atoms with Crippen molar-refractivity contribution in [2.45, 2.75) is 39.3 Å². The summed E-state index contributed by atoms with van der Waals surface area (Å²) in [6, 6.07) is 6.13. The number of aromatic nitrogens is 1. The number of piperidine rings is 1. The second kappa shape index (κ2) is 9.89. The SMILES string of the molecule is CCNC(=NCc1cccc(N(C)C)n1)NC1CCN(S(=O)(=O)CC)CC1. The molecule has 0 unspecified atom stereocenters. The number of aliphatic imine (C=N–C) groups is 1. The lowest BCUT2D eigenvalue weighted by atomic mass is 10.1. The van der Waals surface area contributed by atoms with Crippen molar-refractivity contribution in [3.05, 3.63) is 23.9 Å². The van der Waals surface area contributed by atoms with E-state index in [9.17, 15) is 8.42 Å². The average Bonchev–Trinajstić information content (AvgIpc) is 2.67. The van der Waals surface area contributed by atoms with Gasteiger partial charge in [-0.2, -0.15) is 0 Å². The van der Waals surface area contributed by atoms with Crippen molar-refractivity contribution < 1.29 is 8.42 Å². The van der Waals surface area contributed by atoms with Gasteiger partial charge in [-0.3, -0.25) is 0 Å². The summed E-state index contributed by atoms with van der Waals surface area (Å²) in [7, 11) is 0.835. The molecule has 0 aromatic carbocycles. The summed E-state index contributed by atoms with van der Waals surface area (Å²) < 4.78 is 25.5. The Morgan fingerprint density at radius 3 is 2.59 bits per heavy atom. The Bertz CT molecular complexity index is 727. The molecule has 1 aliphatic rings. The Balaban J connectivity index is 1.95. The topological polar surface area (TPSA) is 89.9 Å². The minimum Gasteiger partial charge on any atom is -0.363 e. The predicted octanol–water partition coefficient (Wildman–Crippen LogP) is 1.02. The maximum atomic E-state index is 12.0. The Morgan fingerprint density at radius 1 is 1.30 bits per heavy atom. The molecule has 0 bridgehead atoms. The van der Waals surface area contributed by atoms with Crippen LogP contribution in [0.2, 0.25) is 0 Å². The van der Waals surface area contributed by atoms with Gasteiger partial charge in [0.1, 0.15) is 5.82 Å². The fraction of sp³-hybridized carbons (Fsp3) is 0.667. The average molecular weight is 397 g/mol. The van der Waals surface area contributed by atoms with E-state index in [1.807, 2.05) is 44.1 Å². The number of sulfonamides is 1. The van der Waals surface area contributed by atoms with Crippen LogP contribution in [0.5, 0.6) is 0 Å². The van der Waals surface area contributed by atoms with E-state index < -0.39 is 10.0 Å². The molecule has 0 amide bonds. The van der Waals surface area contributed by atoms with Crippen LogP contribution in [0.15, 0.2) is 23.2 Å². The van der Waals surface area contributed by atoms with E-state index in [0.29, 0.717) is 19.6 Å². The van der Waals surface area contributed by atoms with Crippen molar-refractivity contribution in [3.63, 3.8) is 0 Å². The molecule has 2 heterocycles. The van der Waals surface area contributed by atoms with Gasteiger partial charge in [0.25, 0.3) is 0 Å². The third kappa shape index (κ3) is 6.35. The minimum absolute atomic E-state index is 0.161. The van der Waals surface area contributed by atoms with Gasteiger partial charge in [-0.1, -0.05) is 6.07 Å². The van der Waals surface area contributed by atoms with E-state index in [0.717, 1.165) is 36.9 Å². The molecule has 0 radical (unpaired) electrons. The highest BCUT2D eigenvalue weighted by Crippen LogP contribution is 2.14. The maximum Gasteiger partial charge on any atom is 0.213 e. The summed E-state index contributed by atoms with van der Waals surface area (Å²) in [6.07, 6.45) is 1.55. The molecule has 0 atom stereocenters. The van der Waals surface area contributed by atoms with E-state index >= 15 is 0 Å². The van der Waals surface area contributed by atoms with Crippen molar-refractivity contribution in [1.82, 2.24) is 19.9 Å². The highest BCUT2D eigenvalue weighted by Gasteiger charge is 2.26. The number of hydrogen-bond donors (Lipinski definition) is 2. The third-order valence-corrected chi connectivity index (χ3v) is 6.43. The van der Waals surface area contributed by atoms with Gasteiger partial charge in [-0.25, -0.2) is 22.7 Å². The van der Waals surface area contributed by atoms with Gasteiger partial charge in [0.05, 0.1) is 18.0 Å². The van der Waals surface area contributed by atoms with Gasteiger partial charge in [-0.15, -0.1) is 0 Å². The van der Waals surface area contributed by atoms with E-state index in [1.54, 1.807) is 11.2 Å². The summed E-state index contributed by atoms with van der Waals surface area (Å²) in [5.41, 5.74) is 0.905. The standard InChI is InChI=1S/C18H32N6O2S/c1-5-19-18(20-14-16-8-7-9-17(21-16)23(3)4)22-15-10-12-24(13-11-15)27(25,26)6-2/h7-9,15H,5-6,10-14H2,1-4H3,(H2,19,20,22). The molecule has 27 heavy (non-hydrogen) atoms. The van der Waals surface area contributed by atoms with Gasteiger partial charge in [0.2, 0.25) is 10.0 Å². The number of guanidine groups is 1. The van der Waals surface area contributed by atoms with Crippen LogP contribution in [-0.2, 0) is 16.6 Å². The molecule has 0 spiro atoms. The number of nitrogens with zero attached hydrogens (tertiary/aromatic N) is 4. The molecular weight excluding hydrogens is 364 g/mol. The summed E-state index contributed by atoms with van der Waals surface area (Å²) in [5, 5.41) is 6.69. The largest absolute Gasteiger partial charge is 0.363 e. The van der Waals surface area contributed by atoms with E-state index in [2.05, 4.69) is 20.6 Å². The van der Waals surface area contributed by atoms with Crippen LogP contribution in [0.1, 0.15) is 32.4 Å². The van der Waals surface area contributed by atoms with Crippen molar-refractivity contribution >= 4 is 21.8 Å². The quantitative estimate of drug-likeness (QED) is 0.528. The summed E-state index contributed by atoms with van der Waals surface area (Å²) >= 11 is 0. The number of pyridine rings is 1. The van der Waals surface area contributed by atoms with Crippen molar-refractivity contribution in [2.75, 3.05) is 44.4 Å². The van der Waals surface area contributed by atoms with Crippen LogP contribution < -0.4 is 15.5 Å². The Morgan fingerprint density at radius 2 is 2.00 bits per heavy atom. The molecule has 1 aromatic rings. The van der Waals surface area contributed by atoms with Crippen molar-refractivity contribution in [2.24, 2.45) is 4.99 Å². The first kappa shape index (κ1) is 21.4. The van der Waals surface area contributed by atoms with Crippen LogP contribution >= 0.6 is 0 Å². The van der Waals surface area contributed by atoms with Gasteiger partial charge in [-0.05, 0) is 38.8 Å². The Kier molecular flexibility index (Phi) is 7.85. The molecule has 2 N–H and O–H groups in total. The summed E-state index contributed by atoms with van der Waals surface area (Å²) in [4.78, 5) is 11.2. The summed E-state index contributed by atoms with van der Waals surface area (Å²) in [6.45, 7) is 6.08. The molecule has 2 rings (SSSR count). The Labute approximate surface area is 163 Å². The van der Waals surface area contributed by atoms with Gasteiger partial charge < -0.3 is 15.5 Å². The fourth-order valence-corrected chi connectivity index (χ4v) is 4.07. The lowest BCUT2D eigenvalue weighted by Gasteiger charge is -2.32. The third-order valence-electron chi connectivity index (χ3n) is 4.55. The van der Waals surface area contributed by atoms with Crippen LogP contribution in [0.4, 0.5) is 5.82 Å². The zero-order valence-corrected chi connectivity index (χ0v) is 17.6. The smallest absolute Gasteiger partial charge is 0.213 e. The molecule has 1 fully saturated rings. The number of anilines is 1. The van der Waals surface area contributed by atoms with Crippen molar-refractivity contribution in [3.8, 4) is 0 Å². The van der Waals surface area contributed by atoms with Crippen LogP contribution in [0, 0.1) is 0 Å². The predicted molar refractivity (Wildman–Crippen MR) is 111 cm³/mol. The molecule has 1 saturated heterocycles. The zero-order chi connectivity index (χ0) is 19.9. The molecule has 152 valence electrons. The molecular formula is C18H32N6O2S. The van der Waals surface area contributed by atoms with E-state index in [4.69, 9.17) is 0 Å². The monoisotopic (exact) mass is 396 g/mol. The van der Waals surface area contributed by atoms with E-state index in [-0.39, 0.29) is 11.8 Å². The molecule has 8 nitrogen and oxygen atoms in total. The number of rotatable bonds is 7. The molecule has 0 aliphatic carbocycles. The second-order valence-corrected chi connectivity index (χ2v) is 9.05. The first-order chi connectivity index (χ1) is 12.9. The van der Waals surface area contributed by atoms with Gasteiger partial charge in [0, 0.05) is 39.8 Å². The lowest BCUT2D eigenvalue weighted by molar-refractivity contribution is 0.306. The highest BCUT2D eigenvalue weighted by atomic mass is 32.2. The first-order valence-corrected chi connectivity index (χ1v) is 11.1. The molecule has 9 heteroatoms. The second-order valence-electron chi connectivity index (χ2n) is 6.79. The fourth-order valence-electron chi connectivity index (χ4n) is 2.94. The Hall–Kier alpha value is -1.87. The summed E-state index contributed by atoms with van der Waals surface area (Å²) in [5.74, 6) is 1.81. The zero-order valence-electron chi connectivity index (χ0n) is 16.8. The van der Waals surface area contributed by atoms with Crippen LogP contribution in [-0.4, -0.2) is 69.2 Å². The molecule has 1 aromatic heterocycles. The lowest BCUT2D eigenvalue weighted by Crippen LogP contribution is -2.50. The van der Waals surface area contributed by atoms with Crippen LogP contribution in [0.25, 0.3) is 0 Å². The number of hydrogen-bond acceptors (Lipinski definition) is 5. The van der Waals surface area contributed by atoms with E-state index in [1.165, 1.54) is 0 Å².